The highest BCUT2D eigenvalue weighted by Gasteiger charge is 2.35. The first-order chi connectivity index (χ1) is 10.5. The molecule has 0 saturated carbocycles. The van der Waals surface area contributed by atoms with E-state index in [1.165, 1.54) is 18.9 Å². The fourth-order valence-corrected chi connectivity index (χ4v) is 6.08. The summed E-state index contributed by atoms with van der Waals surface area (Å²) in [5, 5.41) is -0.216. The fourth-order valence-electron chi connectivity index (χ4n) is 2.51. The zero-order valence-electron chi connectivity index (χ0n) is 11.9. The maximum atomic E-state index is 12.2. The van der Waals surface area contributed by atoms with Crippen LogP contribution in [-0.2, 0) is 14.6 Å². The number of esters is 1. The molecule has 0 N–H and O–H groups in total. The van der Waals surface area contributed by atoms with Crippen molar-refractivity contribution in [3.63, 3.8) is 0 Å². The highest BCUT2D eigenvalue weighted by Crippen LogP contribution is 2.45. The van der Waals surface area contributed by atoms with Crippen LogP contribution >= 0.6 is 11.8 Å². The van der Waals surface area contributed by atoms with Gasteiger partial charge in [0.05, 0.1) is 28.6 Å². The van der Waals surface area contributed by atoms with Crippen molar-refractivity contribution in [3.8, 4) is 0 Å². The highest BCUT2D eigenvalue weighted by atomic mass is 32.2. The van der Waals surface area contributed by atoms with Gasteiger partial charge in [0.1, 0.15) is 0 Å². The first-order valence-corrected chi connectivity index (χ1v) is 9.22. The Kier molecular flexibility index (Phi) is 3.97. The summed E-state index contributed by atoms with van der Waals surface area (Å²) in [6, 6.07) is 14.1. The van der Waals surface area contributed by atoms with Gasteiger partial charge in [-0.05, 0) is 23.8 Å². The average Bonchev–Trinajstić information content (AvgIpc) is 2.78. The zero-order valence-corrected chi connectivity index (χ0v) is 13.5. The maximum Gasteiger partial charge on any atom is 0.338 e. The third-order valence-electron chi connectivity index (χ3n) is 3.53. The van der Waals surface area contributed by atoms with E-state index in [0.717, 1.165) is 10.5 Å². The smallest absolute Gasteiger partial charge is 0.338 e. The molecule has 6 heteroatoms. The van der Waals surface area contributed by atoms with Crippen LogP contribution in [0.5, 0.6) is 0 Å². The van der Waals surface area contributed by atoms with E-state index < -0.39 is 15.8 Å². The molecule has 4 nitrogen and oxygen atoms in total. The van der Waals surface area contributed by atoms with Crippen LogP contribution < -0.4 is 0 Å². The van der Waals surface area contributed by atoms with Gasteiger partial charge in [-0.25, -0.2) is 13.2 Å². The molecular weight excluding hydrogens is 320 g/mol. The summed E-state index contributed by atoms with van der Waals surface area (Å²) in [5.41, 5.74) is 1.25. The van der Waals surface area contributed by atoms with Crippen molar-refractivity contribution in [2.24, 2.45) is 0 Å². The van der Waals surface area contributed by atoms with Gasteiger partial charge >= 0.3 is 5.97 Å². The number of benzene rings is 2. The summed E-state index contributed by atoms with van der Waals surface area (Å²) in [6.45, 7) is 0. The summed E-state index contributed by atoms with van der Waals surface area (Å²) < 4.78 is 29.2. The van der Waals surface area contributed by atoms with Crippen molar-refractivity contribution < 1.29 is 17.9 Å². The number of sulfone groups is 1. The molecule has 0 aliphatic carbocycles. The molecule has 1 unspecified atom stereocenters. The van der Waals surface area contributed by atoms with Gasteiger partial charge in [0.15, 0.2) is 9.84 Å². The van der Waals surface area contributed by atoms with Crippen molar-refractivity contribution in [3.05, 3.63) is 59.7 Å². The number of ether oxygens (including phenoxy) is 1. The Morgan fingerprint density at radius 2 is 1.82 bits per heavy atom. The lowest BCUT2D eigenvalue weighted by Gasteiger charge is -2.12. The van der Waals surface area contributed by atoms with Crippen molar-refractivity contribution in [1.82, 2.24) is 0 Å². The van der Waals surface area contributed by atoms with E-state index >= 15 is 0 Å². The first kappa shape index (κ1) is 15.1. The summed E-state index contributed by atoms with van der Waals surface area (Å²) in [7, 11) is -1.92. The van der Waals surface area contributed by atoms with E-state index in [2.05, 4.69) is 0 Å². The van der Waals surface area contributed by atoms with Crippen LogP contribution in [0.3, 0.4) is 0 Å². The standard InChI is InChI=1S/C16H14O4S2/c1-20-16(17)12-7-2-4-8-13(12)21-14-10-22(18,19)15-9-5-3-6-11(14)15/h2-9,14H,10H2,1H3. The Morgan fingerprint density at radius 1 is 1.14 bits per heavy atom. The SMILES string of the molecule is COC(=O)c1ccccc1SC1CS(=O)(=O)c2ccccc21. The molecule has 0 bridgehead atoms. The molecule has 2 aromatic rings. The number of hydrogen-bond acceptors (Lipinski definition) is 5. The van der Waals surface area contributed by atoms with Gasteiger partial charge in [0, 0.05) is 4.90 Å². The Bertz CT molecular complexity index is 828. The van der Waals surface area contributed by atoms with Crippen LogP contribution in [-0.4, -0.2) is 27.2 Å². The van der Waals surface area contributed by atoms with Crippen LogP contribution in [0.4, 0.5) is 0 Å². The summed E-state index contributed by atoms with van der Waals surface area (Å²) >= 11 is 1.39. The summed E-state index contributed by atoms with van der Waals surface area (Å²) in [5.74, 6) is -0.371. The molecule has 1 aliphatic rings. The molecule has 0 aromatic heterocycles. The largest absolute Gasteiger partial charge is 0.465 e. The lowest BCUT2D eigenvalue weighted by atomic mass is 10.2. The number of thioether (sulfide) groups is 1. The van der Waals surface area contributed by atoms with Crippen molar-refractivity contribution in [1.29, 1.82) is 0 Å². The molecule has 114 valence electrons. The Labute approximate surface area is 133 Å². The van der Waals surface area contributed by atoms with Gasteiger partial charge in [-0.3, -0.25) is 0 Å². The quantitative estimate of drug-likeness (QED) is 0.807. The van der Waals surface area contributed by atoms with E-state index in [4.69, 9.17) is 4.74 Å². The minimum absolute atomic E-state index is 0.0481. The van der Waals surface area contributed by atoms with E-state index in [0.29, 0.717) is 10.5 Å². The van der Waals surface area contributed by atoms with Crippen LogP contribution in [0.2, 0.25) is 0 Å². The third kappa shape index (κ3) is 2.64. The van der Waals surface area contributed by atoms with E-state index in [9.17, 15) is 13.2 Å². The van der Waals surface area contributed by atoms with Crippen molar-refractivity contribution in [2.45, 2.75) is 15.0 Å². The maximum absolute atomic E-state index is 12.2. The van der Waals surface area contributed by atoms with Gasteiger partial charge in [-0.2, -0.15) is 0 Å². The predicted octanol–water partition coefficient (Wildman–Crippen LogP) is 3.09. The van der Waals surface area contributed by atoms with E-state index in [-0.39, 0.29) is 11.0 Å². The molecule has 0 saturated heterocycles. The molecular formula is C16H14O4S2. The fraction of sp³-hybridized carbons (Fsp3) is 0.188. The Hall–Kier alpha value is -1.79. The number of carbonyl (C=O) groups is 1. The number of fused-ring (bicyclic) bond motifs is 1. The van der Waals surface area contributed by atoms with Crippen LogP contribution in [0.25, 0.3) is 0 Å². The van der Waals surface area contributed by atoms with Crippen molar-refractivity contribution >= 4 is 27.6 Å². The second kappa shape index (κ2) is 5.78. The Balaban J connectivity index is 1.98. The summed E-state index contributed by atoms with van der Waals surface area (Å²) in [6.07, 6.45) is 0. The van der Waals surface area contributed by atoms with E-state index in [1.54, 1.807) is 24.3 Å². The Morgan fingerprint density at radius 3 is 2.59 bits per heavy atom. The number of hydrogen-bond donors (Lipinski definition) is 0. The predicted molar refractivity (Wildman–Crippen MR) is 84.9 cm³/mol. The van der Waals surface area contributed by atoms with Gasteiger partial charge in [0.25, 0.3) is 0 Å². The van der Waals surface area contributed by atoms with Crippen molar-refractivity contribution in [2.75, 3.05) is 12.9 Å². The third-order valence-corrected chi connectivity index (χ3v) is 6.87. The summed E-state index contributed by atoms with van der Waals surface area (Å²) in [4.78, 5) is 12.9. The van der Waals surface area contributed by atoms with E-state index in [1.807, 2.05) is 24.3 Å². The minimum Gasteiger partial charge on any atom is -0.465 e. The molecule has 0 radical (unpaired) electrons. The average molecular weight is 334 g/mol. The topological polar surface area (TPSA) is 60.4 Å². The van der Waals surface area contributed by atoms with Crippen LogP contribution in [0.1, 0.15) is 21.2 Å². The second-order valence-electron chi connectivity index (χ2n) is 4.91. The van der Waals surface area contributed by atoms with Gasteiger partial charge in [-0.1, -0.05) is 30.3 Å². The van der Waals surface area contributed by atoms with Crippen LogP contribution in [0, 0.1) is 0 Å². The van der Waals surface area contributed by atoms with Gasteiger partial charge < -0.3 is 4.74 Å². The lowest BCUT2D eigenvalue weighted by molar-refractivity contribution is 0.0597. The molecule has 1 aliphatic heterocycles. The number of rotatable bonds is 3. The molecule has 3 rings (SSSR count). The normalized spacial score (nSPS) is 18.7. The number of methoxy groups -OCH3 is 1. The monoisotopic (exact) mass is 334 g/mol. The molecule has 1 atom stereocenters. The van der Waals surface area contributed by atoms with Crippen LogP contribution in [0.15, 0.2) is 58.3 Å². The molecule has 2 aromatic carbocycles. The molecule has 1 heterocycles. The highest BCUT2D eigenvalue weighted by molar-refractivity contribution is 8.01. The van der Waals surface area contributed by atoms with Gasteiger partial charge in [0.2, 0.25) is 0 Å². The minimum atomic E-state index is -3.25. The molecule has 22 heavy (non-hydrogen) atoms. The zero-order chi connectivity index (χ0) is 15.7. The lowest BCUT2D eigenvalue weighted by Crippen LogP contribution is -2.05. The number of carbonyl (C=O) groups excluding carboxylic acids is 1. The van der Waals surface area contributed by atoms with Gasteiger partial charge in [-0.15, -0.1) is 11.8 Å². The molecule has 0 amide bonds. The molecule has 0 fully saturated rings. The second-order valence-corrected chi connectivity index (χ2v) is 8.16. The molecule has 0 spiro atoms. The first-order valence-electron chi connectivity index (χ1n) is 6.68.